The van der Waals surface area contributed by atoms with Crippen LogP contribution in [0, 0.1) is 5.82 Å². The predicted molar refractivity (Wildman–Crippen MR) is 106 cm³/mol. The van der Waals surface area contributed by atoms with Crippen molar-refractivity contribution < 1.29 is 4.39 Å². The predicted octanol–water partition coefficient (Wildman–Crippen LogP) is 5.56. The molecule has 0 aliphatic heterocycles. The van der Waals surface area contributed by atoms with Gasteiger partial charge >= 0.3 is 0 Å². The number of hydrogen-bond acceptors (Lipinski definition) is 6. The van der Waals surface area contributed by atoms with Crippen LogP contribution in [-0.4, -0.2) is 16.2 Å². The third-order valence-electron chi connectivity index (χ3n) is 3.26. The lowest BCUT2D eigenvalue weighted by atomic mass is 10.2. The van der Waals surface area contributed by atoms with Gasteiger partial charge in [0.25, 0.3) is 0 Å². The lowest BCUT2D eigenvalue weighted by molar-refractivity contribution is 0.631. The molecule has 5 nitrogen and oxygen atoms in total. The van der Waals surface area contributed by atoms with E-state index in [1.807, 2.05) is 30.5 Å². The Morgan fingerprint density at radius 2 is 1.64 bits per heavy atom. The van der Waals surface area contributed by atoms with Crippen LogP contribution in [0.3, 0.4) is 0 Å². The number of rotatable bonds is 6. The number of nitrogens with zero attached hydrogens (tertiary/aromatic N) is 2. The van der Waals surface area contributed by atoms with Gasteiger partial charge in [-0.3, -0.25) is 0 Å². The number of benzene rings is 2. The third kappa shape index (κ3) is 4.40. The highest BCUT2D eigenvalue weighted by Crippen LogP contribution is 2.30. The Bertz CT molecular complexity index is 877. The Morgan fingerprint density at radius 3 is 2.36 bits per heavy atom. The second-order valence-corrected chi connectivity index (χ2v) is 6.44. The fourth-order valence-corrected chi connectivity index (χ4v) is 2.80. The van der Waals surface area contributed by atoms with Crippen LogP contribution in [0.2, 0.25) is 0 Å². The molecule has 0 radical (unpaired) electrons. The first-order valence-corrected chi connectivity index (χ1v) is 9.38. The van der Waals surface area contributed by atoms with Crippen molar-refractivity contribution in [1.29, 1.82) is 0 Å². The molecular formula is C17H15BrFN5S. The number of halogens is 2. The fraction of sp³-hybridized carbons (Fsp3) is 0.0588. The van der Waals surface area contributed by atoms with E-state index in [0.717, 1.165) is 11.4 Å². The summed E-state index contributed by atoms with van der Waals surface area (Å²) >= 11 is 4.94. The molecule has 25 heavy (non-hydrogen) atoms. The fourth-order valence-electron chi connectivity index (χ4n) is 2.12. The van der Waals surface area contributed by atoms with Crippen LogP contribution in [-0.2, 0) is 0 Å². The van der Waals surface area contributed by atoms with Crippen LogP contribution in [0.1, 0.15) is 0 Å². The Hall–Kier alpha value is -2.32. The van der Waals surface area contributed by atoms with Crippen molar-refractivity contribution in [2.75, 3.05) is 21.6 Å². The molecule has 0 unspecified atom stereocenters. The second kappa shape index (κ2) is 8.17. The van der Waals surface area contributed by atoms with Crippen molar-refractivity contribution in [3.8, 4) is 0 Å². The van der Waals surface area contributed by atoms with Crippen LogP contribution in [0.15, 0.2) is 59.2 Å². The Morgan fingerprint density at radius 1 is 0.960 bits per heavy atom. The molecule has 3 N–H and O–H groups in total. The second-order valence-electron chi connectivity index (χ2n) is 4.97. The number of aromatic nitrogens is 2. The highest BCUT2D eigenvalue weighted by Gasteiger charge is 2.09. The summed E-state index contributed by atoms with van der Waals surface area (Å²) in [7, 11) is 0. The maximum atomic E-state index is 13.8. The van der Waals surface area contributed by atoms with Gasteiger partial charge < -0.3 is 15.4 Å². The Labute approximate surface area is 157 Å². The summed E-state index contributed by atoms with van der Waals surface area (Å²) in [6.45, 7) is 0. The first-order valence-electron chi connectivity index (χ1n) is 7.36. The standard InChI is InChI=1S/C17H15BrFN5S/c1-25-24-15-9-5-4-8-14(15)21-16-11(18)10-20-17(23-16)22-13-7-3-2-6-12(13)19/h2-10,24H,1H3,(H2,20,21,22,23). The van der Waals surface area contributed by atoms with Gasteiger partial charge in [-0.05, 0) is 40.2 Å². The summed E-state index contributed by atoms with van der Waals surface area (Å²) in [6.07, 6.45) is 3.57. The van der Waals surface area contributed by atoms with Gasteiger partial charge in [-0.2, -0.15) is 4.98 Å². The van der Waals surface area contributed by atoms with E-state index >= 15 is 0 Å². The van der Waals surface area contributed by atoms with Gasteiger partial charge in [-0.1, -0.05) is 36.2 Å². The minimum absolute atomic E-state index is 0.297. The summed E-state index contributed by atoms with van der Waals surface area (Å²) in [5.74, 6) is 0.508. The van der Waals surface area contributed by atoms with Crippen molar-refractivity contribution in [1.82, 2.24) is 9.97 Å². The molecule has 3 aromatic rings. The van der Waals surface area contributed by atoms with Crippen molar-refractivity contribution in [3.05, 3.63) is 65.0 Å². The van der Waals surface area contributed by atoms with Gasteiger partial charge in [0.1, 0.15) is 11.6 Å². The highest BCUT2D eigenvalue weighted by molar-refractivity contribution is 9.10. The zero-order valence-corrected chi connectivity index (χ0v) is 15.7. The Balaban J connectivity index is 1.86. The van der Waals surface area contributed by atoms with Crippen molar-refractivity contribution in [2.24, 2.45) is 0 Å². The van der Waals surface area contributed by atoms with Crippen molar-refractivity contribution in [2.45, 2.75) is 0 Å². The number of nitrogens with one attached hydrogen (secondary N) is 3. The van der Waals surface area contributed by atoms with Gasteiger partial charge in [0, 0.05) is 12.5 Å². The first kappa shape index (κ1) is 17.5. The molecule has 0 saturated heterocycles. The molecule has 0 atom stereocenters. The van der Waals surface area contributed by atoms with E-state index in [1.54, 1.807) is 24.4 Å². The van der Waals surface area contributed by atoms with Crippen LogP contribution < -0.4 is 15.4 Å². The summed E-state index contributed by atoms with van der Waals surface area (Å²) < 4.78 is 17.7. The lowest BCUT2D eigenvalue weighted by Crippen LogP contribution is -2.03. The van der Waals surface area contributed by atoms with Crippen LogP contribution in [0.5, 0.6) is 0 Å². The van der Waals surface area contributed by atoms with Gasteiger partial charge in [0.15, 0.2) is 0 Å². The topological polar surface area (TPSA) is 61.9 Å². The van der Waals surface area contributed by atoms with E-state index in [9.17, 15) is 4.39 Å². The molecule has 128 valence electrons. The summed E-state index contributed by atoms with van der Waals surface area (Å²) in [6, 6.07) is 14.2. The van der Waals surface area contributed by atoms with Gasteiger partial charge in [-0.25, -0.2) is 9.37 Å². The van der Waals surface area contributed by atoms with E-state index in [4.69, 9.17) is 0 Å². The zero-order chi connectivity index (χ0) is 17.6. The molecule has 1 aromatic heterocycles. The smallest absolute Gasteiger partial charge is 0.229 e. The molecule has 0 fully saturated rings. The number of hydrogen-bond donors (Lipinski definition) is 3. The van der Waals surface area contributed by atoms with E-state index < -0.39 is 0 Å². The quantitative estimate of drug-likeness (QED) is 0.454. The zero-order valence-electron chi connectivity index (χ0n) is 13.3. The van der Waals surface area contributed by atoms with Crippen molar-refractivity contribution >= 4 is 56.7 Å². The maximum absolute atomic E-state index is 13.8. The molecule has 1 heterocycles. The van der Waals surface area contributed by atoms with Gasteiger partial charge in [-0.15, -0.1) is 0 Å². The molecule has 3 rings (SSSR count). The highest BCUT2D eigenvalue weighted by atomic mass is 79.9. The number of anilines is 5. The summed E-state index contributed by atoms with van der Waals surface area (Å²) in [4.78, 5) is 8.60. The van der Waals surface area contributed by atoms with Crippen LogP contribution >= 0.6 is 27.9 Å². The molecule has 0 bridgehead atoms. The maximum Gasteiger partial charge on any atom is 0.229 e. The third-order valence-corrected chi connectivity index (χ3v) is 4.26. The molecule has 8 heteroatoms. The number of para-hydroxylation sites is 3. The van der Waals surface area contributed by atoms with E-state index in [-0.39, 0.29) is 5.82 Å². The lowest BCUT2D eigenvalue weighted by Gasteiger charge is -2.14. The van der Waals surface area contributed by atoms with Crippen LogP contribution in [0.4, 0.5) is 33.2 Å². The van der Waals surface area contributed by atoms with E-state index in [1.165, 1.54) is 18.0 Å². The van der Waals surface area contributed by atoms with Crippen LogP contribution in [0.25, 0.3) is 0 Å². The minimum Gasteiger partial charge on any atom is -0.337 e. The monoisotopic (exact) mass is 419 g/mol. The molecule has 0 spiro atoms. The molecule has 0 amide bonds. The SMILES string of the molecule is CSNc1ccccc1Nc1nc(Nc2ccccc2F)ncc1Br. The van der Waals surface area contributed by atoms with Crippen molar-refractivity contribution in [3.63, 3.8) is 0 Å². The van der Waals surface area contributed by atoms with Gasteiger partial charge in [0.05, 0.1) is 21.5 Å². The minimum atomic E-state index is -0.363. The normalized spacial score (nSPS) is 10.4. The Kier molecular flexibility index (Phi) is 5.72. The molecule has 2 aromatic carbocycles. The largest absolute Gasteiger partial charge is 0.337 e. The molecule has 0 saturated carbocycles. The van der Waals surface area contributed by atoms with Gasteiger partial charge in [0.2, 0.25) is 5.95 Å². The van der Waals surface area contributed by atoms with E-state index in [2.05, 4.69) is 41.3 Å². The van der Waals surface area contributed by atoms with E-state index in [0.29, 0.717) is 21.9 Å². The molecular weight excluding hydrogens is 405 g/mol. The average Bonchev–Trinajstić information content (AvgIpc) is 2.62. The summed E-state index contributed by atoms with van der Waals surface area (Å²) in [5, 5.41) is 6.15. The summed E-state index contributed by atoms with van der Waals surface area (Å²) in [5.41, 5.74) is 2.12. The molecule has 0 aliphatic rings. The molecule has 0 aliphatic carbocycles. The average molecular weight is 420 g/mol. The first-order chi connectivity index (χ1) is 12.2.